The largest absolute Gasteiger partial charge is 0.478 e. The Morgan fingerprint density at radius 1 is 1.39 bits per heavy atom. The fraction of sp³-hybridized carbons (Fsp3) is 0.333. The van der Waals surface area contributed by atoms with Gasteiger partial charge in [0.1, 0.15) is 0 Å². The minimum Gasteiger partial charge on any atom is -0.478 e. The van der Waals surface area contributed by atoms with Gasteiger partial charge < -0.3 is 15.7 Å². The molecule has 0 bridgehead atoms. The van der Waals surface area contributed by atoms with Crippen LogP contribution in [0.3, 0.4) is 0 Å². The van der Waals surface area contributed by atoms with Gasteiger partial charge in [0.25, 0.3) is 0 Å². The molecule has 0 unspecified atom stereocenters. The van der Waals surface area contributed by atoms with Gasteiger partial charge in [0.2, 0.25) is 0 Å². The van der Waals surface area contributed by atoms with Gasteiger partial charge in [0.15, 0.2) is 0 Å². The quantitative estimate of drug-likeness (QED) is 0.799. The van der Waals surface area contributed by atoms with E-state index in [0.717, 1.165) is 0 Å². The number of hydrogen-bond acceptors (Lipinski definition) is 2. The molecule has 1 aromatic rings. The molecule has 0 atom stereocenters. The first-order valence-electron chi connectivity index (χ1n) is 5.48. The first kappa shape index (κ1) is 14.5. The smallest absolute Gasteiger partial charge is 0.335 e. The van der Waals surface area contributed by atoms with Gasteiger partial charge in [-0.05, 0) is 40.0 Å². The number of nitrogens with one attached hydrogen (secondary N) is 2. The zero-order valence-corrected chi connectivity index (χ0v) is 11.7. The summed E-state index contributed by atoms with van der Waals surface area (Å²) >= 11 is 3.25. The van der Waals surface area contributed by atoms with Gasteiger partial charge in [-0.1, -0.05) is 13.8 Å². The van der Waals surface area contributed by atoms with Crippen molar-refractivity contribution in [3.63, 3.8) is 0 Å². The van der Waals surface area contributed by atoms with Gasteiger partial charge in [-0.25, -0.2) is 9.59 Å². The lowest BCUT2D eigenvalue weighted by Crippen LogP contribution is -2.31. The molecule has 0 aliphatic rings. The molecule has 0 saturated carbocycles. The SMILES string of the molecule is CC(C)CNC(=O)Nc1cc(C(=O)O)ccc1Br. The van der Waals surface area contributed by atoms with Crippen molar-refractivity contribution < 1.29 is 14.7 Å². The molecule has 0 aromatic heterocycles. The third-order valence-electron chi connectivity index (χ3n) is 2.13. The molecule has 0 heterocycles. The van der Waals surface area contributed by atoms with Gasteiger partial charge in [0.05, 0.1) is 11.3 Å². The first-order chi connectivity index (χ1) is 8.40. The van der Waals surface area contributed by atoms with Gasteiger partial charge in [-0.3, -0.25) is 0 Å². The van der Waals surface area contributed by atoms with Crippen LogP contribution < -0.4 is 10.6 Å². The molecule has 6 heteroatoms. The van der Waals surface area contributed by atoms with Crippen LogP contribution in [0.4, 0.5) is 10.5 Å². The number of halogens is 1. The molecule has 2 amide bonds. The van der Waals surface area contributed by atoms with E-state index >= 15 is 0 Å². The number of benzene rings is 1. The molecule has 0 radical (unpaired) electrons. The molecule has 98 valence electrons. The highest BCUT2D eigenvalue weighted by Crippen LogP contribution is 2.23. The molecule has 3 N–H and O–H groups in total. The van der Waals surface area contributed by atoms with E-state index in [0.29, 0.717) is 22.6 Å². The van der Waals surface area contributed by atoms with E-state index in [9.17, 15) is 9.59 Å². The Morgan fingerprint density at radius 2 is 2.06 bits per heavy atom. The fourth-order valence-corrected chi connectivity index (χ4v) is 1.56. The molecule has 0 aliphatic carbocycles. The van der Waals surface area contributed by atoms with Crippen LogP contribution >= 0.6 is 15.9 Å². The summed E-state index contributed by atoms with van der Waals surface area (Å²) in [5, 5.41) is 14.2. The molecule has 0 saturated heterocycles. The number of carbonyl (C=O) groups is 2. The molecule has 0 spiro atoms. The van der Waals surface area contributed by atoms with Crippen molar-refractivity contribution in [3.05, 3.63) is 28.2 Å². The molecule has 0 fully saturated rings. The predicted molar refractivity (Wildman–Crippen MR) is 73.0 cm³/mol. The predicted octanol–water partition coefficient (Wildman–Crippen LogP) is 2.92. The average Bonchev–Trinajstić information content (AvgIpc) is 2.29. The van der Waals surface area contributed by atoms with E-state index in [2.05, 4.69) is 26.6 Å². The van der Waals surface area contributed by atoms with E-state index < -0.39 is 5.97 Å². The van der Waals surface area contributed by atoms with Crippen LogP contribution in [0, 0.1) is 5.92 Å². The zero-order valence-electron chi connectivity index (χ0n) is 10.2. The third kappa shape index (κ3) is 4.37. The molecular weight excluding hydrogens is 300 g/mol. The Balaban J connectivity index is 2.74. The van der Waals surface area contributed by atoms with Gasteiger partial charge in [-0.15, -0.1) is 0 Å². The molecular formula is C12H15BrN2O3. The number of urea groups is 1. The highest BCUT2D eigenvalue weighted by Gasteiger charge is 2.09. The maximum atomic E-state index is 11.6. The van der Waals surface area contributed by atoms with Gasteiger partial charge in [0, 0.05) is 11.0 Å². The normalized spacial score (nSPS) is 10.2. The van der Waals surface area contributed by atoms with Crippen LogP contribution in [0.5, 0.6) is 0 Å². The van der Waals surface area contributed by atoms with Crippen molar-refractivity contribution >= 4 is 33.6 Å². The summed E-state index contributed by atoms with van der Waals surface area (Å²) in [6, 6.07) is 4.10. The number of amides is 2. The lowest BCUT2D eigenvalue weighted by molar-refractivity contribution is 0.0697. The number of aromatic carboxylic acids is 1. The van der Waals surface area contributed by atoms with Gasteiger partial charge >= 0.3 is 12.0 Å². The van der Waals surface area contributed by atoms with E-state index in [4.69, 9.17) is 5.11 Å². The number of carbonyl (C=O) groups excluding carboxylic acids is 1. The van der Waals surface area contributed by atoms with Crippen molar-refractivity contribution in [2.75, 3.05) is 11.9 Å². The number of anilines is 1. The maximum Gasteiger partial charge on any atom is 0.335 e. The van der Waals surface area contributed by atoms with Crippen LogP contribution in [0.1, 0.15) is 24.2 Å². The third-order valence-corrected chi connectivity index (χ3v) is 2.82. The van der Waals surface area contributed by atoms with Crippen LogP contribution in [0.15, 0.2) is 22.7 Å². The second-order valence-electron chi connectivity index (χ2n) is 4.23. The number of carboxylic acid groups (broad SMARTS) is 1. The van der Waals surface area contributed by atoms with Gasteiger partial charge in [-0.2, -0.15) is 0 Å². The molecule has 0 aliphatic heterocycles. The second kappa shape index (κ2) is 6.39. The Kier molecular flexibility index (Phi) is 5.15. The Morgan fingerprint density at radius 3 is 2.61 bits per heavy atom. The highest BCUT2D eigenvalue weighted by atomic mass is 79.9. The standard InChI is InChI=1S/C12H15BrN2O3/c1-7(2)6-14-12(18)15-10-5-8(11(16)17)3-4-9(10)13/h3-5,7H,6H2,1-2H3,(H,16,17)(H2,14,15,18). The summed E-state index contributed by atoms with van der Waals surface area (Å²) in [4.78, 5) is 22.4. The molecule has 1 rings (SSSR count). The van der Waals surface area contributed by atoms with E-state index in [1.807, 2.05) is 13.8 Å². The summed E-state index contributed by atoms with van der Waals surface area (Å²) in [6.07, 6.45) is 0. The van der Waals surface area contributed by atoms with Crippen molar-refractivity contribution in [3.8, 4) is 0 Å². The second-order valence-corrected chi connectivity index (χ2v) is 5.08. The van der Waals surface area contributed by atoms with Crippen molar-refractivity contribution in [1.29, 1.82) is 0 Å². The summed E-state index contributed by atoms with van der Waals surface area (Å²) < 4.78 is 0.632. The van der Waals surface area contributed by atoms with Crippen molar-refractivity contribution in [2.24, 2.45) is 5.92 Å². The van der Waals surface area contributed by atoms with Crippen LogP contribution in [-0.4, -0.2) is 23.7 Å². The van der Waals surface area contributed by atoms with Crippen molar-refractivity contribution in [1.82, 2.24) is 5.32 Å². The molecule has 18 heavy (non-hydrogen) atoms. The average molecular weight is 315 g/mol. The van der Waals surface area contributed by atoms with Crippen molar-refractivity contribution in [2.45, 2.75) is 13.8 Å². The topological polar surface area (TPSA) is 78.4 Å². The van der Waals surface area contributed by atoms with Crippen LogP contribution in [0.2, 0.25) is 0 Å². The minimum atomic E-state index is -1.03. The number of rotatable bonds is 4. The zero-order chi connectivity index (χ0) is 13.7. The summed E-state index contributed by atoms with van der Waals surface area (Å²) in [5.41, 5.74) is 0.550. The maximum absolute atomic E-state index is 11.6. The molecule has 5 nitrogen and oxygen atoms in total. The first-order valence-corrected chi connectivity index (χ1v) is 6.27. The highest BCUT2D eigenvalue weighted by molar-refractivity contribution is 9.10. The Labute approximate surface area is 114 Å². The lowest BCUT2D eigenvalue weighted by Gasteiger charge is -2.11. The fourth-order valence-electron chi connectivity index (χ4n) is 1.22. The van der Waals surface area contributed by atoms with Crippen LogP contribution in [-0.2, 0) is 0 Å². The lowest BCUT2D eigenvalue weighted by atomic mass is 10.2. The summed E-state index contributed by atoms with van der Waals surface area (Å²) in [7, 11) is 0. The minimum absolute atomic E-state index is 0.123. The van der Waals surface area contributed by atoms with Crippen LogP contribution in [0.25, 0.3) is 0 Å². The summed E-state index contributed by atoms with van der Waals surface area (Å²) in [5.74, 6) is -0.683. The monoisotopic (exact) mass is 314 g/mol. The number of carboxylic acids is 1. The number of hydrogen-bond donors (Lipinski definition) is 3. The molecule has 1 aromatic carbocycles. The van der Waals surface area contributed by atoms with E-state index in [1.54, 1.807) is 6.07 Å². The Bertz CT molecular complexity index is 461. The van der Waals surface area contributed by atoms with E-state index in [1.165, 1.54) is 12.1 Å². The van der Waals surface area contributed by atoms with E-state index in [-0.39, 0.29) is 11.6 Å². The summed E-state index contributed by atoms with van der Waals surface area (Å²) in [6.45, 7) is 4.53. The Hall–Kier alpha value is -1.56.